The highest BCUT2D eigenvalue weighted by Crippen LogP contribution is 2.42. The molecule has 0 rings (SSSR count). The summed E-state index contributed by atoms with van der Waals surface area (Å²) >= 11 is 9.72. The first-order valence-electron chi connectivity index (χ1n) is 2.22. The Morgan fingerprint density at radius 1 is 1.40 bits per heavy atom. The number of nitriles is 1. The molecule has 58 valence electrons. The molecular weight excluding hydrogens is 200 g/mol. The van der Waals surface area contributed by atoms with Crippen LogP contribution in [-0.2, 0) is 12.7 Å². The van der Waals surface area contributed by atoms with E-state index in [1.807, 2.05) is 6.07 Å². The molecule has 0 bridgehead atoms. The van der Waals surface area contributed by atoms with Gasteiger partial charge in [0.2, 0.25) is 0 Å². The van der Waals surface area contributed by atoms with Gasteiger partial charge < -0.3 is 4.52 Å². The lowest BCUT2D eigenvalue weighted by molar-refractivity contribution is 0.283. The van der Waals surface area contributed by atoms with Crippen molar-refractivity contribution in [2.75, 3.05) is 6.61 Å². The van der Waals surface area contributed by atoms with Crippen LogP contribution in [0.1, 0.15) is 6.42 Å². The van der Waals surface area contributed by atoms with Crippen molar-refractivity contribution >= 4 is 32.3 Å². The molecule has 0 saturated heterocycles. The van der Waals surface area contributed by atoms with E-state index >= 15 is 0 Å². The van der Waals surface area contributed by atoms with Gasteiger partial charge >= 0.3 is 8.60 Å². The van der Waals surface area contributed by atoms with Crippen molar-refractivity contribution in [3.8, 4) is 6.07 Å². The zero-order chi connectivity index (χ0) is 7.82. The van der Waals surface area contributed by atoms with Crippen molar-refractivity contribution < 1.29 is 12.7 Å². The number of nitrogens with zero attached hydrogens (tertiary/aromatic N) is 1. The highest BCUT2D eigenvalue weighted by molar-refractivity contribution is 7.43. The third kappa shape index (κ3) is 5.19. The Balaban J connectivity index is 3.19. The molecular formula is C3H4Cl2NO3P. The van der Waals surface area contributed by atoms with Crippen LogP contribution in [0.25, 0.3) is 0 Å². The lowest BCUT2D eigenvalue weighted by Gasteiger charge is -2.04. The van der Waals surface area contributed by atoms with Crippen molar-refractivity contribution in [2.45, 2.75) is 6.42 Å². The van der Waals surface area contributed by atoms with E-state index in [0.29, 0.717) is 0 Å². The van der Waals surface area contributed by atoms with E-state index in [0.717, 1.165) is 0 Å². The Labute approximate surface area is 69.9 Å². The smallest absolute Gasteiger partial charge is 0.309 e. The van der Waals surface area contributed by atoms with Gasteiger partial charge in [0, 0.05) is 0 Å². The molecule has 0 aromatic rings. The van der Waals surface area contributed by atoms with Crippen molar-refractivity contribution in [1.82, 2.24) is 0 Å². The van der Waals surface area contributed by atoms with Crippen LogP contribution in [0.4, 0.5) is 0 Å². The fraction of sp³-hybridized carbons (Fsp3) is 0.667. The molecule has 0 saturated carbocycles. The summed E-state index contributed by atoms with van der Waals surface area (Å²) < 4.78 is 12.9. The number of rotatable bonds is 5. The number of halogens is 2. The third-order valence-electron chi connectivity index (χ3n) is 0.523. The predicted octanol–water partition coefficient (Wildman–Crippen LogP) is 2.48. The first kappa shape index (κ1) is 10.4. The lowest BCUT2D eigenvalue weighted by Crippen LogP contribution is -1.87. The van der Waals surface area contributed by atoms with Crippen molar-refractivity contribution in [3.05, 3.63) is 0 Å². The van der Waals surface area contributed by atoms with Gasteiger partial charge in [0.15, 0.2) is 0 Å². The van der Waals surface area contributed by atoms with Gasteiger partial charge in [0.1, 0.15) is 0 Å². The molecule has 7 heteroatoms. The number of hydrogen-bond acceptors (Lipinski definition) is 4. The first-order chi connectivity index (χ1) is 4.85. The SMILES string of the molecule is N#CCCOP(OCl)OCl. The summed E-state index contributed by atoms with van der Waals surface area (Å²) in [5, 5.41) is 8.05. The van der Waals surface area contributed by atoms with E-state index in [2.05, 4.69) is 8.15 Å². The molecule has 0 fully saturated rings. The maximum atomic E-state index is 8.05. The van der Waals surface area contributed by atoms with E-state index in [1.54, 1.807) is 0 Å². The summed E-state index contributed by atoms with van der Waals surface area (Å²) in [5.41, 5.74) is 0. The van der Waals surface area contributed by atoms with Gasteiger partial charge in [-0.2, -0.15) is 13.4 Å². The second-order valence-electron chi connectivity index (χ2n) is 1.10. The molecule has 0 unspecified atom stereocenters. The molecule has 0 aromatic heterocycles. The molecule has 0 aliphatic carbocycles. The molecule has 0 amide bonds. The van der Waals surface area contributed by atoms with Crippen LogP contribution in [0.2, 0.25) is 0 Å². The standard InChI is InChI=1S/C3H4Cl2NO3P/c4-8-10(9-5)7-3-1-2-6/h1,3H2. The Morgan fingerprint density at radius 3 is 2.40 bits per heavy atom. The molecule has 0 heterocycles. The summed E-state index contributed by atoms with van der Waals surface area (Å²) in [5.74, 6) is 0. The van der Waals surface area contributed by atoms with Crippen molar-refractivity contribution in [3.63, 3.8) is 0 Å². The molecule has 10 heavy (non-hydrogen) atoms. The topological polar surface area (TPSA) is 51.5 Å². The van der Waals surface area contributed by atoms with E-state index in [-0.39, 0.29) is 13.0 Å². The van der Waals surface area contributed by atoms with Crippen LogP contribution in [0.15, 0.2) is 0 Å². The second kappa shape index (κ2) is 7.49. The van der Waals surface area contributed by atoms with Crippen molar-refractivity contribution in [2.24, 2.45) is 0 Å². The average molecular weight is 204 g/mol. The lowest BCUT2D eigenvalue weighted by atomic mass is 10.5. The van der Waals surface area contributed by atoms with Gasteiger partial charge in [-0.3, -0.25) is 0 Å². The maximum Gasteiger partial charge on any atom is 0.368 e. The van der Waals surface area contributed by atoms with E-state index in [9.17, 15) is 0 Å². The predicted molar refractivity (Wildman–Crippen MR) is 37.0 cm³/mol. The van der Waals surface area contributed by atoms with Crippen LogP contribution in [-0.4, -0.2) is 6.61 Å². The quantitative estimate of drug-likeness (QED) is 0.509. The third-order valence-corrected chi connectivity index (χ3v) is 1.82. The second-order valence-corrected chi connectivity index (χ2v) is 2.91. The van der Waals surface area contributed by atoms with Gasteiger partial charge in [0.25, 0.3) is 0 Å². The van der Waals surface area contributed by atoms with Crippen LogP contribution >= 0.6 is 32.3 Å². The molecule has 0 aromatic carbocycles. The summed E-state index contributed by atoms with van der Waals surface area (Å²) in [6, 6.07) is 1.86. The highest BCUT2D eigenvalue weighted by Gasteiger charge is 2.09. The fourth-order valence-electron chi connectivity index (χ4n) is 0.216. The fourth-order valence-corrected chi connectivity index (χ4v) is 1.05. The maximum absolute atomic E-state index is 8.05. The van der Waals surface area contributed by atoms with Crippen molar-refractivity contribution in [1.29, 1.82) is 5.26 Å². The van der Waals surface area contributed by atoms with Crippen LogP contribution in [0.3, 0.4) is 0 Å². The minimum absolute atomic E-state index is 0.196. The Bertz CT molecular complexity index is 115. The molecule has 0 spiro atoms. The van der Waals surface area contributed by atoms with Crippen LogP contribution in [0.5, 0.6) is 0 Å². The van der Waals surface area contributed by atoms with Gasteiger partial charge in [-0.1, -0.05) is 0 Å². The molecule has 0 N–H and O–H groups in total. The summed E-state index contributed by atoms with van der Waals surface area (Å²) in [6.45, 7) is 0.196. The molecule has 0 aliphatic heterocycles. The Morgan fingerprint density at radius 2 is 2.00 bits per heavy atom. The van der Waals surface area contributed by atoms with E-state index in [1.165, 1.54) is 0 Å². The highest BCUT2D eigenvalue weighted by atomic mass is 35.5. The first-order valence-corrected chi connectivity index (χ1v) is 3.93. The van der Waals surface area contributed by atoms with Gasteiger partial charge in [-0.05, 0) is 0 Å². The molecule has 0 aliphatic rings. The minimum atomic E-state index is -1.69. The number of hydrogen-bond donors (Lipinski definition) is 0. The van der Waals surface area contributed by atoms with Gasteiger partial charge in [-0.25, -0.2) is 0 Å². The van der Waals surface area contributed by atoms with Gasteiger partial charge in [-0.15, -0.1) is 0 Å². The van der Waals surface area contributed by atoms with Crippen LogP contribution < -0.4 is 0 Å². The Hall–Kier alpha value is 0.380. The molecule has 0 atom stereocenters. The largest absolute Gasteiger partial charge is 0.368 e. The van der Waals surface area contributed by atoms with E-state index < -0.39 is 8.60 Å². The van der Waals surface area contributed by atoms with Gasteiger partial charge in [0.05, 0.1) is 42.8 Å². The molecule has 0 radical (unpaired) electrons. The minimum Gasteiger partial charge on any atom is -0.309 e. The normalized spacial score (nSPS) is 9.80. The summed E-state index contributed by atoms with van der Waals surface area (Å²) in [4.78, 5) is 0. The van der Waals surface area contributed by atoms with E-state index in [4.69, 9.17) is 33.5 Å². The Kier molecular flexibility index (Phi) is 7.77. The summed E-state index contributed by atoms with van der Waals surface area (Å²) in [6.07, 6.45) is 0.249. The zero-order valence-electron chi connectivity index (χ0n) is 4.79. The average Bonchev–Trinajstić information content (AvgIpc) is 1.99. The summed E-state index contributed by atoms with van der Waals surface area (Å²) in [7, 11) is -1.69. The monoisotopic (exact) mass is 203 g/mol. The van der Waals surface area contributed by atoms with Crippen LogP contribution in [0, 0.1) is 11.3 Å². The molecule has 4 nitrogen and oxygen atoms in total. The zero-order valence-corrected chi connectivity index (χ0v) is 7.20.